The first-order chi connectivity index (χ1) is 7.91. The Hall–Kier alpha value is -1.23. The van der Waals surface area contributed by atoms with Gasteiger partial charge in [0, 0.05) is 5.56 Å². The van der Waals surface area contributed by atoms with Gasteiger partial charge in [0.1, 0.15) is 6.54 Å². The first kappa shape index (κ1) is 12.2. The van der Waals surface area contributed by atoms with E-state index in [1.807, 2.05) is 24.3 Å². The van der Waals surface area contributed by atoms with E-state index in [-0.39, 0.29) is 0 Å². The smallest absolute Gasteiger partial charge is 0.232 e. The second kappa shape index (κ2) is 4.22. The minimum absolute atomic E-state index is 0.486. The van der Waals surface area contributed by atoms with Crippen LogP contribution in [0.4, 0.5) is 5.69 Å². The normalized spacial score (nSPS) is 22.8. The van der Waals surface area contributed by atoms with Gasteiger partial charge in [-0.15, -0.1) is 0 Å². The maximum absolute atomic E-state index is 10.4. The second-order valence-electron chi connectivity index (χ2n) is 5.33. The molecule has 2 rings (SSSR count). The number of benzene rings is 1. The average molecular weight is 235 g/mol. The zero-order valence-electron chi connectivity index (χ0n) is 10.6. The number of likely N-dealkylation sites (N-methyl/N-ethyl adjacent to an activating group) is 1. The van der Waals surface area contributed by atoms with E-state index >= 15 is 0 Å². The highest BCUT2D eigenvalue weighted by Crippen LogP contribution is 2.35. The molecule has 1 aliphatic heterocycles. The number of para-hydroxylation sites is 1. The van der Waals surface area contributed by atoms with E-state index in [0.29, 0.717) is 6.61 Å². The van der Waals surface area contributed by atoms with Gasteiger partial charge >= 0.3 is 0 Å². The minimum atomic E-state index is -1.36. The Labute approximate surface area is 102 Å². The maximum Gasteiger partial charge on any atom is 0.232 e. The van der Waals surface area contributed by atoms with Crippen LogP contribution >= 0.6 is 0 Å². The Balaban J connectivity index is 2.05. The van der Waals surface area contributed by atoms with Crippen LogP contribution in [0, 0.1) is 0 Å². The highest BCUT2D eigenvalue weighted by atomic mass is 16.6. The zero-order chi connectivity index (χ0) is 12.5. The predicted octanol–water partition coefficient (Wildman–Crippen LogP) is 1.27. The van der Waals surface area contributed by atoms with E-state index in [1.54, 1.807) is 0 Å². The molecule has 17 heavy (non-hydrogen) atoms. The van der Waals surface area contributed by atoms with Crippen LogP contribution in [-0.2, 0) is 10.5 Å². The topological polar surface area (TPSA) is 41.8 Å². The summed E-state index contributed by atoms with van der Waals surface area (Å²) in [6.07, 6.45) is 1.47. The number of aliphatic hydroxyl groups is 1. The van der Waals surface area contributed by atoms with Crippen molar-refractivity contribution in [2.75, 3.05) is 34.3 Å². The number of quaternary nitrogens is 1. The fourth-order valence-corrected chi connectivity index (χ4v) is 1.71. The van der Waals surface area contributed by atoms with Crippen molar-refractivity contribution in [3.05, 3.63) is 29.8 Å². The van der Waals surface area contributed by atoms with Gasteiger partial charge in [0.15, 0.2) is 0 Å². The van der Waals surface area contributed by atoms with Crippen molar-refractivity contribution < 1.29 is 14.3 Å². The molecule has 0 amide bonds. The van der Waals surface area contributed by atoms with Gasteiger partial charge in [0.2, 0.25) is 5.79 Å². The molecule has 1 aromatic rings. The van der Waals surface area contributed by atoms with Gasteiger partial charge in [-0.1, -0.05) is 18.2 Å². The molecule has 4 heteroatoms. The summed E-state index contributed by atoms with van der Waals surface area (Å²) in [6.45, 7) is 1.32. The molecule has 1 N–H and O–H groups in total. The average Bonchev–Trinajstić information content (AvgIpc) is 2.56. The maximum atomic E-state index is 10.4. The largest absolute Gasteiger partial charge is 0.357 e. The van der Waals surface area contributed by atoms with Crippen LogP contribution in [0.1, 0.15) is 5.56 Å². The van der Waals surface area contributed by atoms with Crippen molar-refractivity contribution in [2.45, 2.75) is 5.79 Å². The molecule has 0 bridgehead atoms. The number of ether oxygens (including phenoxy) is 1. The summed E-state index contributed by atoms with van der Waals surface area (Å²) >= 11 is 0. The molecular formula is C13H19N2O2+. The quantitative estimate of drug-likeness (QED) is 0.631. The Morgan fingerprint density at radius 2 is 2.00 bits per heavy atom. The molecule has 0 spiro atoms. The van der Waals surface area contributed by atoms with Crippen LogP contribution in [0.5, 0.6) is 0 Å². The highest BCUT2D eigenvalue weighted by Gasteiger charge is 2.35. The van der Waals surface area contributed by atoms with Crippen molar-refractivity contribution >= 4 is 11.9 Å². The van der Waals surface area contributed by atoms with E-state index in [2.05, 4.69) is 26.1 Å². The molecule has 0 saturated heterocycles. The molecule has 92 valence electrons. The Bertz CT molecular complexity index is 437. The van der Waals surface area contributed by atoms with Crippen molar-refractivity contribution in [3.63, 3.8) is 0 Å². The fraction of sp³-hybridized carbons (Fsp3) is 0.462. The second-order valence-corrected chi connectivity index (χ2v) is 5.33. The highest BCUT2D eigenvalue weighted by molar-refractivity contribution is 5.81. The number of fused-ring (bicyclic) bond motifs is 1. The Kier molecular flexibility index (Phi) is 3.03. The van der Waals surface area contributed by atoms with Gasteiger partial charge in [-0.2, -0.15) is 0 Å². The summed E-state index contributed by atoms with van der Waals surface area (Å²) in [5.74, 6) is -1.36. The Morgan fingerprint density at radius 1 is 1.29 bits per heavy atom. The lowest BCUT2D eigenvalue weighted by molar-refractivity contribution is -0.871. The third-order valence-electron chi connectivity index (χ3n) is 2.75. The monoisotopic (exact) mass is 235 g/mol. The molecule has 1 unspecified atom stereocenters. The standard InChI is InChI=1S/C13H19N2O2/c1-15(2,3)8-9-17-13(16)10-14-12-7-5-4-6-11(12)13/h4-7,10,16H,8-9H2,1-3H3/q+1. The third kappa shape index (κ3) is 2.72. The van der Waals surface area contributed by atoms with Crippen molar-refractivity contribution in [2.24, 2.45) is 4.99 Å². The summed E-state index contributed by atoms with van der Waals surface area (Å²) in [7, 11) is 6.26. The molecule has 1 heterocycles. The van der Waals surface area contributed by atoms with Gasteiger partial charge in [-0.3, -0.25) is 4.99 Å². The molecule has 1 aromatic carbocycles. The van der Waals surface area contributed by atoms with Crippen LogP contribution in [0.2, 0.25) is 0 Å². The minimum Gasteiger partial charge on any atom is -0.357 e. The number of nitrogens with zero attached hydrogens (tertiary/aromatic N) is 2. The molecule has 1 aliphatic rings. The van der Waals surface area contributed by atoms with Gasteiger partial charge in [-0.05, 0) is 6.07 Å². The molecule has 0 fully saturated rings. The first-order valence-corrected chi connectivity index (χ1v) is 5.72. The molecule has 0 saturated carbocycles. The van der Waals surface area contributed by atoms with Gasteiger partial charge in [0.25, 0.3) is 0 Å². The van der Waals surface area contributed by atoms with E-state index in [4.69, 9.17) is 4.74 Å². The lowest BCUT2D eigenvalue weighted by atomic mass is 10.1. The zero-order valence-corrected chi connectivity index (χ0v) is 10.6. The molecule has 1 atom stereocenters. The molecule has 0 aromatic heterocycles. The summed E-state index contributed by atoms with van der Waals surface area (Å²) in [5.41, 5.74) is 1.50. The number of hydrogen-bond acceptors (Lipinski definition) is 3. The van der Waals surface area contributed by atoms with Crippen LogP contribution in [0.15, 0.2) is 29.3 Å². The first-order valence-electron chi connectivity index (χ1n) is 5.72. The lowest BCUT2D eigenvalue weighted by Crippen LogP contribution is -2.40. The van der Waals surface area contributed by atoms with Gasteiger partial charge in [0.05, 0.1) is 39.7 Å². The molecular weight excluding hydrogens is 216 g/mol. The van der Waals surface area contributed by atoms with E-state index in [9.17, 15) is 5.11 Å². The molecule has 0 aliphatic carbocycles. The van der Waals surface area contributed by atoms with Crippen LogP contribution in [-0.4, -0.2) is 50.1 Å². The van der Waals surface area contributed by atoms with Crippen molar-refractivity contribution in [3.8, 4) is 0 Å². The SMILES string of the molecule is C[N+](C)(C)CCOC1(O)C=Nc2ccccc21. The van der Waals surface area contributed by atoms with Crippen LogP contribution < -0.4 is 0 Å². The molecule has 4 nitrogen and oxygen atoms in total. The summed E-state index contributed by atoms with van der Waals surface area (Å²) < 4.78 is 6.38. The van der Waals surface area contributed by atoms with Gasteiger partial charge in [-0.25, -0.2) is 0 Å². The lowest BCUT2D eigenvalue weighted by Gasteiger charge is -2.27. The van der Waals surface area contributed by atoms with Crippen LogP contribution in [0.25, 0.3) is 0 Å². The summed E-state index contributed by atoms with van der Waals surface area (Å²) in [5, 5.41) is 10.4. The number of hydrogen-bond donors (Lipinski definition) is 1. The van der Waals surface area contributed by atoms with Crippen LogP contribution in [0.3, 0.4) is 0 Å². The van der Waals surface area contributed by atoms with Crippen molar-refractivity contribution in [1.82, 2.24) is 0 Å². The number of aliphatic imine (C=N–C) groups is 1. The summed E-state index contributed by atoms with van der Waals surface area (Å²) in [4.78, 5) is 4.16. The molecule has 0 radical (unpaired) electrons. The van der Waals surface area contributed by atoms with Gasteiger partial charge < -0.3 is 14.3 Å². The van der Waals surface area contributed by atoms with E-state index < -0.39 is 5.79 Å². The third-order valence-corrected chi connectivity index (χ3v) is 2.75. The number of rotatable bonds is 4. The summed E-state index contributed by atoms with van der Waals surface area (Å²) in [6, 6.07) is 7.48. The van der Waals surface area contributed by atoms with E-state index in [0.717, 1.165) is 22.3 Å². The predicted molar refractivity (Wildman–Crippen MR) is 67.3 cm³/mol. The fourth-order valence-electron chi connectivity index (χ4n) is 1.71. The van der Waals surface area contributed by atoms with Crippen molar-refractivity contribution in [1.29, 1.82) is 0 Å². The Morgan fingerprint density at radius 3 is 2.71 bits per heavy atom. The van der Waals surface area contributed by atoms with E-state index in [1.165, 1.54) is 6.21 Å².